The highest BCUT2D eigenvalue weighted by atomic mass is 32.1. The van der Waals surface area contributed by atoms with E-state index in [-0.39, 0.29) is 5.41 Å². The Hall–Kier alpha value is -2.67. The molecule has 0 bridgehead atoms. The van der Waals surface area contributed by atoms with Crippen LogP contribution in [-0.2, 0) is 31.8 Å². The third-order valence-corrected chi connectivity index (χ3v) is 6.27. The minimum absolute atomic E-state index is 0.182. The van der Waals surface area contributed by atoms with Gasteiger partial charge in [-0.2, -0.15) is 0 Å². The van der Waals surface area contributed by atoms with Gasteiger partial charge in [0.25, 0.3) is 0 Å². The number of nitrogens with one attached hydrogen (secondary N) is 2. The molecule has 0 aliphatic carbocycles. The number of guanidine groups is 1. The lowest BCUT2D eigenvalue weighted by Crippen LogP contribution is -2.39. The van der Waals surface area contributed by atoms with E-state index < -0.39 is 0 Å². The summed E-state index contributed by atoms with van der Waals surface area (Å²) in [4.78, 5) is 6.11. The summed E-state index contributed by atoms with van der Waals surface area (Å²) in [5.74, 6) is 2.56. The van der Waals surface area contributed by atoms with Crippen molar-refractivity contribution in [2.45, 2.75) is 52.5 Å². The average Bonchev–Trinajstić information content (AvgIpc) is 3.36. The molecule has 0 atom stereocenters. The van der Waals surface area contributed by atoms with Crippen LogP contribution in [0.2, 0.25) is 0 Å². The van der Waals surface area contributed by atoms with E-state index in [0.29, 0.717) is 6.54 Å². The Labute approximate surface area is 189 Å². The molecular formula is C24H34N6S. The van der Waals surface area contributed by atoms with Crippen molar-refractivity contribution in [3.8, 4) is 0 Å². The van der Waals surface area contributed by atoms with Crippen molar-refractivity contribution >= 4 is 17.3 Å². The lowest BCUT2D eigenvalue weighted by molar-refractivity contribution is 0.590. The lowest BCUT2D eigenvalue weighted by Gasteiger charge is -2.19. The maximum absolute atomic E-state index is 4.74. The summed E-state index contributed by atoms with van der Waals surface area (Å²) in [6.07, 6.45) is 1.93. The number of aliphatic imine (C=N–C) groups is 1. The van der Waals surface area contributed by atoms with Crippen LogP contribution in [0.5, 0.6) is 0 Å². The second-order valence-corrected chi connectivity index (χ2v) is 9.80. The molecule has 0 unspecified atom stereocenters. The maximum atomic E-state index is 4.74. The number of hydrogen-bond acceptors (Lipinski definition) is 4. The molecule has 0 amide bonds. The number of aromatic nitrogens is 3. The first-order valence-electron chi connectivity index (χ1n) is 10.8. The summed E-state index contributed by atoms with van der Waals surface area (Å²) < 4.78 is 1.98. The zero-order valence-electron chi connectivity index (χ0n) is 19.3. The topological polar surface area (TPSA) is 67.1 Å². The van der Waals surface area contributed by atoms with Gasteiger partial charge in [-0.25, -0.2) is 4.99 Å². The molecule has 0 saturated carbocycles. The Morgan fingerprint density at radius 3 is 2.32 bits per heavy atom. The van der Waals surface area contributed by atoms with E-state index in [1.807, 2.05) is 18.5 Å². The summed E-state index contributed by atoms with van der Waals surface area (Å²) >= 11 is 1.79. The van der Waals surface area contributed by atoms with Crippen LogP contribution in [0, 0.1) is 6.92 Å². The largest absolute Gasteiger partial charge is 0.356 e. The van der Waals surface area contributed by atoms with E-state index >= 15 is 0 Å². The predicted molar refractivity (Wildman–Crippen MR) is 130 cm³/mol. The smallest absolute Gasteiger partial charge is 0.191 e. The molecule has 2 N–H and O–H groups in total. The first-order chi connectivity index (χ1) is 14.8. The molecule has 3 aromatic rings. The number of rotatable bonds is 8. The Balaban J connectivity index is 1.57. The van der Waals surface area contributed by atoms with Gasteiger partial charge in [-0.05, 0) is 47.8 Å². The number of nitrogens with zero attached hydrogens (tertiary/aromatic N) is 4. The molecule has 0 radical (unpaired) electrons. The van der Waals surface area contributed by atoms with Gasteiger partial charge in [0.1, 0.15) is 12.4 Å². The number of hydrogen-bond donors (Lipinski definition) is 2. The second-order valence-electron chi connectivity index (χ2n) is 8.77. The third-order valence-electron chi connectivity index (χ3n) is 5.33. The first-order valence-corrected chi connectivity index (χ1v) is 11.7. The molecule has 0 spiro atoms. The van der Waals surface area contributed by atoms with Gasteiger partial charge in [0, 0.05) is 25.0 Å². The van der Waals surface area contributed by atoms with Gasteiger partial charge in [0.15, 0.2) is 11.8 Å². The fraction of sp³-hybridized carbons (Fsp3) is 0.458. The van der Waals surface area contributed by atoms with E-state index in [9.17, 15) is 0 Å². The van der Waals surface area contributed by atoms with Gasteiger partial charge < -0.3 is 15.2 Å². The fourth-order valence-corrected chi connectivity index (χ4v) is 3.88. The van der Waals surface area contributed by atoms with Crippen molar-refractivity contribution in [2.24, 2.45) is 12.0 Å². The minimum Gasteiger partial charge on any atom is -0.356 e. The van der Waals surface area contributed by atoms with Crippen molar-refractivity contribution in [1.82, 2.24) is 25.4 Å². The van der Waals surface area contributed by atoms with E-state index in [2.05, 4.69) is 83.4 Å². The van der Waals surface area contributed by atoms with E-state index in [1.54, 1.807) is 11.3 Å². The van der Waals surface area contributed by atoms with E-state index in [4.69, 9.17) is 4.99 Å². The average molecular weight is 439 g/mol. The van der Waals surface area contributed by atoms with Gasteiger partial charge in [-0.3, -0.25) is 0 Å². The van der Waals surface area contributed by atoms with Crippen LogP contribution in [0.4, 0.5) is 0 Å². The Kier molecular flexibility index (Phi) is 7.85. The van der Waals surface area contributed by atoms with Crippen molar-refractivity contribution in [1.29, 1.82) is 0 Å². The van der Waals surface area contributed by atoms with Crippen LogP contribution in [0.15, 0.2) is 46.8 Å². The molecule has 2 heterocycles. The standard InChI is InChI=1S/C24H34N6S/c1-18-28-29-22(30(18)5)17-27-23(26-15-13-21-7-6-16-31-21)25-14-12-19-8-10-20(11-9-19)24(2,3)4/h6-11,16H,12-15,17H2,1-5H3,(H2,25,26,27). The summed E-state index contributed by atoms with van der Waals surface area (Å²) in [6, 6.07) is 13.2. The van der Waals surface area contributed by atoms with Gasteiger partial charge in [0.2, 0.25) is 0 Å². The van der Waals surface area contributed by atoms with Gasteiger partial charge in [0.05, 0.1) is 0 Å². The van der Waals surface area contributed by atoms with Crippen LogP contribution in [0.25, 0.3) is 0 Å². The molecule has 3 rings (SSSR count). The molecule has 0 saturated heterocycles. The summed E-state index contributed by atoms with van der Waals surface area (Å²) in [5.41, 5.74) is 2.87. The summed E-state index contributed by atoms with van der Waals surface area (Å²) in [6.45, 7) is 10.8. The second kappa shape index (κ2) is 10.6. The zero-order chi connectivity index (χ0) is 22.3. The van der Waals surface area contributed by atoms with Crippen LogP contribution in [0.3, 0.4) is 0 Å². The number of benzene rings is 1. The first kappa shape index (κ1) is 23.0. The normalized spacial score (nSPS) is 12.2. The van der Waals surface area contributed by atoms with E-state index in [0.717, 1.165) is 43.5 Å². The van der Waals surface area contributed by atoms with Gasteiger partial charge in [-0.15, -0.1) is 21.5 Å². The predicted octanol–water partition coefficient (Wildman–Crippen LogP) is 4.00. The SMILES string of the molecule is Cc1nnc(CN=C(NCCc2ccc(C(C)(C)C)cc2)NCCc2cccs2)n1C. The Morgan fingerprint density at radius 1 is 1.03 bits per heavy atom. The molecule has 0 aliphatic heterocycles. The Bertz CT molecular complexity index is 965. The molecule has 0 fully saturated rings. The van der Waals surface area contributed by atoms with Gasteiger partial charge in [-0.1, -0.05) is 51.1 Å². The lowest BCUT2D eigenvalue weighted by atomic mass is 9.86. The molecule has 31 heavy (non-hydrogen) atoms. The van der Waals surface area contributed by atoms with E-state index in [1.165, 1.54) is 16.0 Å². The molecule has 6 nitrogen and oxygen atoms in total. The number of thiophene rings is 1. The molecule has 2 aromatic heterocycles. The molecule has 0 aliphatic rings. The van der Waals surface area contributed by atoms with Crippen LogP contribution < -0.4 is 10.6 Å². The monoisotopic (exact) mass is 438 g/mol. The van der Waals surface area contributed by atoms with Crippen LogP contribution in [0.1, 0.15) is 48.4 Å². The zero-order valence-corrected chi connectivity index (χ0v) is 20.1. The molecular weight excluding hydrogens is 404 g/mol. The van der Waals surface area contributed by atoms with Crippen molar-refractivity contribution in [2.75, 3.05) is 13.1 Å². The summed E-state index contributed by atoms with van der Waals surface area (Å²) in [5, 5.41) is 17.4. The van der Waals surface area contributed by atoms with Crippen LogP contribution in [-0.4, -0.2) is 33.8 Å². The van der Waals surface area contributed by atoms with Crippen molar-refractivity contribution in [3.63, 3.8) is 0 Å². The fourth-order valence-electron chi connectivity index (χ4n) is 3.17. The van der Waals surface area contributed by atoms with Crippen molar-refractivity contribution in [3.05, 3.63) is 69.4 Å². The highest BCUT2D eigenvalue weighted by Gasteiger charge is 2.12. The van der Waals surface area contributed by atoms with Crippen molar-refractivity contribution < 1.29 is 0 Å². The van der Waals surface area contributed by atoms with Crippen LogP contribution >= 0.6 is 11.3 Å². The number of aryl methyl sites for hydroxylation is 1. The van der Waals surface area contributed by atoms with Gasteiger partial charge >= 0.3 is 0 Å². The highest BCUT2D eigenvalue weighted by Crippen LogP contribution is 2.22. The molecule has 7 heteroatoms. The molecule has 1 aromatic carbocycles. The third kappa shape index (κ3) is 6.92. The maximum Gasteiger partial charge on any atom is 0.191 e. The summed E-state index contributed by atoms with van der Waals surface area (Å²) in [7, 11) is 1.97. The minimum atomic E-state index is 0.182. The molecule has 166 valence electrons. The Morgan fingerprint density at radius 2 is 1.74 bits per heavy atom. The quantitative estimate of drug-likeness (QED) is 0.412. The highest BCUT2D eigenvalue weighted by molar-refractivity contribution is 7.09.